The lowest BCUT2D eigenvalue weighted by Gasteiger charge is -2.19. The van der Waals surface area contributed by atoms with Crippen LogP contribution in [-0.4, -0.2) is 39.1 Å². The first-order valence-electron chi connectivity index (χ1n) is 4.57. The molecule has 2 unspecified atom stereocenters. The van der Waals surface area contributed by atoms with Gasteiger partial charge in [-0.1, -0.05) is 6.07 Å². The van der Waals surface area contributed by atoms with Crippen LogP contribution in [0.1, 0.15) is 22.0 Å². The van der Waals surface area contributed by atoms with E-state index in [9.17, 15) is 15.0 Å². The fourth-order valence-electron chi connectivity index (χ4n) is 1.39. The second-order valence-corrected chi connectivity index (χ2v) is 3.31. The predicted molar refractivity (Wildman–Crippen MR) is 55.9 cm³/mol. The Bertz CT molecular complexity index is 393. The maximum absolute atomic E-state index is 10.9. The molecule has 0 aliphatic rings. The molecule has 0 aromatic heterocycles. The summed E-state index contributed by atoms with van der Waals surface area (Å²) in [6.45, 7) is -0.686. The highest BCUT2D eigenvalue weighted by molar-refractivity contribution is 5.91. The van der Waals surface area contributed by atoms with E-state index in [2.05, 4.69) is 0 Å². The van der Waals surface area contributed by atoms with Crippen molar-refractivity contribution in [2.75, 3.05) is 12.3 Å². The minimum Gasteiger partial charge on any atom is -0.478 e. The van der Waals surface area contributed by atoms with Gasteiger partial charge in [0.25, 0.3) is 0 Å². The van der Waals surface area contributed by atoms with Gasteiger partial charge in [-0.25, -0.2) is 4.79 Å². The van der Waals surface area contributed by atoms with E-state index in [1.165, 1.54) is 18.2 Å². The van der Waals surface area contributed by atoms with Crippen LogP contribution >= 0.6 is 0 Å². The maximum Gasteiger partial charge on any atom is 0.336 e. The standard InChI is InChI=1S/C10H13NO5/c11-6-3-1-2-5(10(15)16)8(6)9(14)7(13)4-12/h1-3,7,9,12-14H,4,11H2,(H,15,16). The van der Waals surface area contributed by atoms with Gasteiger partial charge in [0.15, 0.2) is 0 Å². The summed E-state index contributed by atoms with van der Waals surface area (Å²) >= 11 is 0. The summed E-state index contributed by atoms with van der Waals surface area (Å²) in [4.78, 5) is 10.9. The van der Waals surface area contributed by atoms with E-state index < -0.39 is 24.8 Å². The zero-order valence-corrected chi connectivity index (χ0v) is 8.37. The third-order valence-electron chi connectivity index (χ3n) is 2.22. The molecule has 1 aromatic rings. The Morgan fingerprint density at radius 2 is 2.00 bits per heavy atom. The highest BCUT2D eigenvalue weighted by Crippen LogP contribution is 2.27. The molecule has 0 aliphatic carbocycles. The molecule has 0 spiro atoms. The van der Waals surface area contributed by atoms with Crippen molar-refractivity contribution in [1.29, 1.82) is 0 Å². The number of benzene rings is 1. The molecule has 6 heteroatoms. The van der Waals surface area contributed by atoms with E-state index in [1.54, 1.807) is 0 Å². The van der Waals surface area contributed by atoms with Crippen molar-refractivity contribution < 1.29 is 25.2 Å². The van der Waals surface area contributed by atoms with Crippen LogP contribution in [-0.2, 0) is 0 Å². The first-order chi connectivity index (χ1) is 7.49. The number of aromatic carboxylic acids is 1. The lowest BCUT2D eigenvalue weighted by atomic mass is 9.97. The Kier molecular flexibility index (Phi) is 3.83. The van der Waals surface area contributed by atoms with Crippen molar-refractivity contribution in [3.8, 4) is 0 Å². The molecule has 0 fully saturated rings. The van der Waals surface area contributed by atoms with Crippen LogP contribution in [0.4, 0.5) is 5.69 Å². The number of rotatable bonds is 4. The topological polar surface area (TPSA) is 124 Å². The number of nitrogen functional groups attached to an aromatic ring is 1. The first kappa shape index (κ1) is 12.4. The van der Waals surface area contributed by atoms with Gasteiger partial charge in [0.2, 0.25) is 0 Å². The molecule has 0 saturated heterocycles. The summed E-state index contributed by atoms with van der Waals surface area (Å²) < 4.78 is 0. The van der Waals surface area contributed by atoms with Crippen LogP contribution in [0.3, 0.4) is 0 Å². The highest BCUT2D eigenvalue weighted by atomic mass is 16.4. The smallest absolute Gasteiger partial charge is 0.336 e. The van der Waals surface area contributed by atoms with Gasteiger partial charge in [0, 0.05) is 11.3 Å². The van der Waals surface area contributed by atoms with E-state index in [1.807, 2.05) is 0 Å². The van der Waals surface area contributed by atoms with Crippen molar-refractivity contribution >= 4 is 11.7 Å². The highest BCUT2D eigenvalue weighted by Gasteiger charge is 2.25. The van der Waals surface area contributed by atoms with Crippen LogP contribution in [0.2, 0.25) is 0 Å². The Morgan fingerprint density at radius 1 is 1.38 bits per heavy atom. The second kappa shape index (κ2) is 4.93. The van der Waals surface area contributed by atoms with Crippen molar-refractivity contribution in [2.24, 2.45) is 0 Å². The molecule has 0 amide bonds. The largest absolute Gasteiger partial charge is 0.478 e. The van der Waals surface area contributed by atoms with Crippen molar-refractivity contribution in [1.82, 2.24) is 0 Å². The van der Waals surface area contributed by atoms with Gasteiger partial charge >= 0.3 is 5.97 Å². The van der Waals surface area contributed by atoms with Crippen molar-refractivity contribution in [2.45, 2.75) is 12.2 Å². The lowest BCUT2D eigenvalue weighted by Crippen LogP contribution is -2.24. The number of anilines is 1. The van der Waals surface area contributed by atoms with Gasteiger partial charge in [-0.05, 0) is 12.1 Å². The second-order valence-electron chi connectivity index (χ2n) is 3.31. The van der Waals surface area contributed by atoms with Crippen LogP contribution < -0.4 is 5.73 Å². The quantitative estimate of drug-likeness (QED) is 0.435. The lowest BCUT2D eigenvalue weighted by molar-refractivity contribution is -0.0154. The summed E-state index contributed by atoms with van der Waals surface area (Å²) in [6, 6.07) is 4.11. The third kappa shape index (κ3) is 2.30. The zero-order valence-electron chi connectivity index (χ0n) is 8.37. The van der Waals surface area contributed by atoms with Crippen LogP contribution in [0.15, 0.2) is 18.2 Å². The van der Waals surface area contributed by atoms with Crippen molar-refractivity contribution in [3.05, 3.63) is 29.3 Å². The number of hydrogen-bond acceptors (Lipinski definition) is 5. The van der Waals surface area contributed by atoms with Crippen LogP contribution in [0.5, 0.6) is 0 Å². The molecular weight excluding hydrogens is 214 g/mol. The Hall–Kier alpha value is -1.63. The molecule has 6 nitrogen and oxygen atoms in total. The number of carbonyl (C=O) groups is 1. The molecule has 6 N–H and O–H groups in total. The van der Waals surface area contributed by atoms with E-state index in [0.29, 0.717) is 0 Å². The number of carboxylic acid groups (broad SMARTS) is 1. The van der Waals surface area contributed by atoms with Crippen LogP contribution in [0, 0.1) is 0 Å². The average molecular weight is 227 g/mol. The molecular formula is C10H13NO5. The van der Waals surface area contributed by atoms with Gasteiger partial charge in [0.1, 0.15) is 12.2 Å². The summed E-state index contributed by atoms with van der Waals surface area (Å²) in [5, 5.41) is 36.5. The maximum atomic E-state index is 10.9. The molecule has 0 bridgehead atoms. The number of nitrogens with two attached hydrogens (primary N) is 1. The summed E-state index contributed by atoms with van der Waals surface area (Å²) in [5.74, 6) is -1.26. The van der Waals surface area contributed by atoms with Gasteiger partial charge in [0.05, 0.1) is 12.2 Å². The van der Waals surface area contributed by atoms with Gasteiger partial charge in [-0.2, -0.15) is 0 Å². The minimum atomic E-state index is -1.53. The monoisotopic (exact) mass is 227 g/mol. The molecule has 1 aromatic carbocycles. The summed E-state index contributed by atoms with van der Waals surface area (Å²) in [7, 11) is 0. The molecule has 0 saturated carbocycles. The fourth-order valence-corrected chi connectivity index (χ4v) is 1.39. The molecule has 0 radical (unpaired) electrons. The van der Waals surface area contributed by atoms with Crippen molar-refractivity contribution in [3.63, 3.8) is 0 Å². The zero-order chi connectivity index (χ0) is 12.3. The van der Waals surface area contributed by atoms with E-state index in [-0.39, 0.29) is 16.8 Å². The Labute approximate surface area is 91.6 Å². The number of hydrogen-bond donors (Lipinski definition) is 5. The Balaban J connectivity index is 3.24. The number of aliphatic hydroxyl groups is 3. The average Bonchev–Trinajstić information content (AvgIpc) is 2.26. The molecule has 0 aliphatic heterocycles. The first-order valence-corrected chi connectivity index (χ1v) is 4.57. The molecule has 1 rings (SSSR count). The Morgan fingerprint density at radius 3 is 2.50 bits per heavy atom. The van der Waals surface area contributed by atoms with Gasteiger partial charge < -0.3 is 26.2 Å². The number of aliphatic hydroxyl groups excluding tert-OH is 3. The van der Waals surface area contributed by atoms with E-state index >= 15 is 0 Å². The molecule has 88 valence electrons. The van der Waals surface area contributed by atoms with Gasteiger partial charge in [-0.3, -0.25) is 0 Å². The SMILES string of the molecule is Nc1cccc(C(=O)O)c1C(O)C(O)CO. The molecule has 0 heterocycles. The van der Waals surface area contributed by atoms with E-state index in [4.69, 9.17) is 15.9 Å². The molecule has 2 atom stereocenters. The van der Waals surface area contributed by atoms with E-state index in [0.717, 1.165) is 0 Å². The fraction of sp³-hybridized carbons (Fsp3) is 0.300. The molecule has 16 heavy (non-hydrogen) atoms. The number of carboxylic acids is 1. The van der Waals surface area contributed by atoms with Crippen LogP contribution in [0.25, 0.3) is 0 Å². The minimum absolute atomic E-state index is 0.0555. The van der Waals surface area contributed by atoms with Gasteiger partial charge in [-0.15, -0.1) is 0 Å². The normalized spacial score (nSPS) is 14.4. The third-order valence-corrected chi connectivity index (χ3v) is 2.22. The predicted octanol–water partition coefficient (Wildman–Crippen LogP) is -0.646. The summed E-state index contributed by atoms with van der Waals surface area (Å²) in [5.41, 5.74) is 5.31. The summed E-state index contributed by atoms with van der Waals surface area (Å²) in [6.07, 6.45) is -3.00.